The smallest absolute Gasteiger partial charge is 0.161 e. The van der Waals surface area contributed by atoms with Gasteiger partial charge in [0.15, 0.2) is 5.78 Å². The molecule has 3 rings (SSSR count). The molecule has 0 aromatic carbocycles. The first-order chi connectivity index (χ1) is 13.9. The molecule has 3 aromatic heterocycles. The molecule has 3 heterocycles. The Morgan fingerprint density at radius 3 is 2.55 bits per heavy atom. The minimum absolute atomic E-state index is 0.0193. The van der Waals surface area contributed by atoms with E-state index in [-0.39, 0.29) is 11.2 Å². The van der Waals surface area contributed by atoms with Gasteiger partial charge < -0.3 is 9.72 Å². The molecule has 0 aliphatic heterocycles. The molecule has 0 fully saturated rings. The summed E-state index contributed by atoms with van der Waals surface area (Å²) in [4.78, 5) is 19.7. The number of fused-ring (bicyclic) bond motifs is 1. The summed E-state index contributed by atoms with van der Waals surface area (Å²) in [7, 11) is 0. The largest absolute Gasteiger partial charge is 0.364 e. The quantitative estimate of drug-likeness (QED) is 0.435. The third-order valence-corrected chi connectivity index (χ3v) is 5.04. The first-order valence-electron chi connectivity index (χ1n) is 10.0. The molecule has 1 N–H and O–H groups in total. The molecule has 3 aromatic rings. The number of hydrogen-bond acceptors (Lipinski definition) is 4. The molecular formula is C24H30N4O. The number of pyridine rings is 2. The minimum Gasteiger partial charge on any atom is -0.364 e. The van der Waals surface area contributed by atoms with Gasteiger partial charge in [-0.15, -0.1) is 12.3 Å². The second-order valence-electron chi connectivity index (χ2n) is 7.33. The lowest BCUT2D eigenvalue weighted by Gasteiger charge is -2.19. The maximum Gasteiger partial charge on any atom is 0.161 e. The summed E-state index contributed by atoms with van der Waals surface area (Å²) in [6, 6.07) is 9.47. The number of anilines is 1. The summed E-state index contributed by atoms with van der Waals surface area (Å²) < 4.78 is 2.02. The van der Waals surface area contributed by atoms with Gasteiger partial charge >= 0.3 is 0 Å². The molecule has 0 spiro atoms. The third kappa shape index (κ3) is 6.18. The normalized spacial score (nSPS) is 12.4. The predicted octanol–water partition coefficient (Wildman–Crippen LogP) is 5.38. The topological polar surface area (TPSA) is 59.3 Å². The number of hydrogen-bond donors (Lipinski definition) is 1. The Morgan fingerprint density at radius 1 is 1.21 bits per heavy atom. The van der Waals surface area contributed by atoms with Crippen LogP contribution in [0.25, 0.3) is 5.65 Å². The first kappa shape index (κ1) is 22.2. The van der Waals surface area contributed by atoms with Crippen molar-refractivity contribution >= 4 is 17.2 Å². The number of aromatic nitrogens is 3. The van der Waals surface area contributed by atoms with Crippen LogP contribution in [0.1, 0.15) is 63.0 Å². The molecular weight excluding hydrogens is 360 g/mol. The fourth-order valence-electron chi connectivity index (χ4n) is 2.91. The maximum atomic E-state index is 11.2. The molecule has 5 heteroatoms. The van der Waals surface area contributed by atoms with Gasteiger partial charge in [-0.05, 0) is 51.0 Å². The molecule has 1 unspecified atom stereocenters. The molecule has 0 amide bonds. The summed E-state index contributed by atoms with van der Waals surface area (Å²) in [5.41, 5.74) is 2.75. The Bertz CT molecular complexity index is 968. The van der Waals surface area contributed by atoms with Crippen LogP contribution in [0, 0.1) is 17.8 Å². The van der Waals surface area contributed by atoms with E-state index in [1.165, 1.54) is 13.3 Å². The Kier molecular flexibility index (Phi) is 7.97. The summed E-state index contributed by atoms with van der Waals surface area (Å²) in [6.07, 6.45) is 14.2. The molecule has 1 atom stereocenters. The number of carbonyl (C=O) groups excluding carboxylic acids is 1. The van der Waals surface area contributed by atoms with E-state index in [0.717, 1.165) is 30.0 Å². The van der Waals surface area contributed by atoms with Crippen molar-refractivity contribution < 1.29 is 4.79 Å². The molecule has 0 saturated heterocycles. The van der Waals surface area contributed by atoms with E-state index in [1.54, 1.807) is 18.3 Å². The molecule has 0 saturated carbocycles. The SMILES string of the molecule is C#CC(C)(CC)CCC.CC(=O)c1ccc(NCc2cnc3ccccn23)nc1. The molecule has 0 bridgehead atoms. The van der Waals surface area contributed by atoms with E-state index in [4.69, 9.17) is 6.42 Å². The molecule has 152 valence electrons. The second-order valence-corrected chi connectivity index (χ2v) is 7.33. The maximum absolute atomic E-state index is 11.2. The highest BCUT2D eigenvalue weighted by molar-refractivity contribution is 5.93. The van der Waals surface area contributed by atoms with Crippen LogP contribution in [0.5, 0.6) is 0 Å². The van der Waals surface area contributed by atoms with E-state index < -0.39 is 0 Å². The predicted molar refractivity (Wildman–Crippen MR) is 119 cm³/mol. The van der Waals surface area contributed by atoms with Crippen LogP contribution in [0.3, 0.4) is 0 Å². The number of carbonyl (C=O) groups is 1. The van der Waals surface area contributed by atoms with Crippen molar-refractivity contribution in [3.05, 3.63) is 60.2 Å². The van der Waals surface area contributed by atoms with E-state index in [0.29, 0.717) is 12.1 Å². The Hall–Kier alpha value is -3.13. The van der Waals surface area contributed by atoms with E-state index in [2.05, 4.69) is 42.0 Å². The third-order valence-electron chi connectivity index (χ3n) is 5.04. The summed E-state index contributed by atoms with van der Waals surface area (Å²) in [6.45, 7) is 8.62. The lowest BCUT2D eigenvalue weighted by molar-refractivity contribution is 0.101. The molecule has 0 radical (unpaired) electrons. The number of imidazole rings is 1. The monoisotopic (exact) mass is 390 g/mol. The van der Waals surface area contributed by atoms with Crippen LogP contribution in [-0.2, 0) is 6.54 Å². The minimum atomic E-state index is 0.0193. The zero-order valence-corrected chi connectivity index (χ0v) is 17.8. The van der Waals surface area contributed by atoms with Crippen LogP contribution >= 0.6 is 0 Å². The van der Waals surface area contributed by atoms with Crippen molar-refractivity contribution in [3.8, 4) is 12.3 Å². The van der Waals surface area contributed by atoms with Gasteiger partial charge in [-0.1, -0.05) is 26.3 Å². The molecule has 5 nitrogen and oxygen atoms in total. The van der Waals surface area contributed by atoms with E-state index in [9.17, 15) is 4.79 Å². The van der Waals surface area contributed by atoms with Crippen LogP contribution in [0.2, 0.25) is 0 Å². The number of nitrogens with zero attached hydrogens (tertiary/aromatic N) is 3. The van der Waals surface area contributed by atoms with E-state index in [1.807, 2.05) is 35.0 Å². The number of rotatable bonds is 7. The fraction of sp³-hybridized carbons (Fsp3) is 0.375. The number of terminal acetylenes is 1. The highest BCUT2D eigenvalue weighted by Crippen LogP contribution is 2.25. The summed E-state index contributed by atoms with van der Waals surface area (Å²) in [5.74, 6) is 3.59. The zero-order valence-electron chi connectivity index (χ0n) is 17.8. The van der Waals surface area contributed by atoms with Gasteiger partial charge in [-0.3, -0.25) is 4.79 Å². The summed E-state index contributed by atoms with van der Waals surface area (Å²) in [5, 5.41) is 3.22. The molecule has 0 aliphatic carbocycles. The van der Waals surface area contributed by atoms with Gasteiger partial charge in [0, 0.05) is 23.4 Å². The molecule has 0 aliphatic rings. The second kappa shape index (κ2) is 10.4. The van der Waals surface area contributed by atoms with Crippen molar-refractivity contribution in [1.82, 2.24) is 14.4 Å². The van der Waals surface area contributed by atoms with Crippen molar-refractivity contribution in [3.63, 3.8) is 0 Å². The van der Waals surface area contributed by atoms with Gasteiger partial charge in [0.25, 0.3) is 0 Å². The van der Waals surface area contributed by atoms with Gasteiger partial charge in [-0.25, -0.2) is 9.97 Å². The van der Waals surface area contributed by atoms with Gasteiger partial charge in [0.1, 0.15) is 11.5 Å². The zero-order chi connectivity index (χ0) is 21.3. The summed E-state index contributed by atoms with van der Waals surface area (Å²) >= 11 is 0. The van der Waals surface area contributed by atoms with Gasteiger partial charge in [0.2, 0.25) is 0 Å². The van der Waals surface area contributed by atoms with Crippen LogP contribution in [-0.4, -0.2) is 20.2 Å². The number of Topliss-reactive ketones (excluding diaryl/α,β-unsaturated/α-hetero) is 1. The van der Waals surface area contributed by atoms with E-state index >= 15 is 0 Å². The lowest BCUT2D eigenvalue weighted by atomic mass is 9.84. The van der Waals surface area contributed by atoms with Crippen LogP contribution in [0.4, 0.5) is 5.82 Å². The average Bonchev–Trinajstić information content (AvgIpc) is 3.16. The standard InChI is InChI=1S/C15H14N4O.C9H16/c1-11(20)12-5-6-14(16-8-12)17-9-13-10-18-15-4-2-3-7-19(13)15;1-5-8-9(4,6-2)7-3/h2-8,10H,9H2,1H3,(H,16,17);2H,5,7-8H2,1,3-4H3. The lowest BCUT2D eigenvalue weighted by Crippen LogP contribution is -2.10. The molecule has 29 heavy (non-hydrogen) atoms. The highest BCUT2D eigenvalue weighted by atomic mass is 16.1. The van der Waals surface area contributed by atoms with Gasteiger partial charge in [0.05, 0.1) is 18.4 Å². The highest BCUT2D eigenvalue weighted by Gasteiger charge is 2.16. The van der Waals surface area contributed by atoms with Crippen LogP contribution < -0.4 is 5.32 Å². The Balaban J connectivity index is 0.000000284. The number of nitrogens with one attached hydrogen (secondary N) is 1. The fourth-order valence-corrected chi connectivity index (χ4v) is 2.91. The van der Waals surface area contributed by atoms with Crippen molar-refractivity contribution in [2.24, 2.45) is 5.41 Å². The van der Waals surface area contributed by atoms with Crippen LogP contribution in [0.15, 0.2) is 48.9 Å². The Labute approximate surface area is 173 Å². The first-order valence-corrected chi connectivity index (χ1v) is 10.0. The Morgan fingerprint density at radius 2 is 2.00 bits per heavy atom. The van der Waals surface area contributed by atoms with Crippen molar-refractivity contribution in [2.45, 2.75) is 53.5 Å². The van der Waals surface area contributed by atoms with Crippen molar-refractivity contribution in [1.29, 1.82) is 0 Å². The van der Waals surface area contributed by atoms with Crippen molar-refractivity contribution in [2.75, 3.05) is 5.32 Å². The van der Waals surface area contributed by atoms with Gasteiger partial charge in [-0.2, -0.15) is 0 Å². The average molecular weight is 391 g/mol. The number of ketones is 1.